The first-order valence-electron chi connectivity index (χ1n) is 5.76. The molecular weight excluding hydrogens is 220 g/mol. The zero-order valence-electron chi connectivity index (χ0n) is 9.91. The zero-order chi connectivity index (χ0) is 12.3. The van der Waals surface area contributed by atoms with E-state index in [0.29, 0.717) is 19.0 Å². The lowest BCUT2D eigenvalue weighted by atomic mass is 10.2. The predicted octanol–water partition coefficient (Wildman–Crippen LogP) is -0.479. The SMILES string of the molecule is CC1CN(c2nccc(CN)n2)CC(CO)O1. The molecule has 1 aliphatic rings. The summed E-state index contributed by atoms with van der Waals surface area (Å²) < 4.78 is 5.57. The van der Waals surface area contributed by atoms with Gasteiger partial charge in [-0.15, -0.1) is 0 Å². The number of nitrogens with two attached hydrogens (primary N) is 1. The fourth-order valence-electron chi connectivity index (χ4n) is 1.96. The van der Waals surface area contributed by atoms with Crippen molar-refractivity contribution in [3.63, 3.8) is 0 Å². The molecule has 2 atom stereocenters. The van der Waals surface area contributed by atoms with Crippen LogP contribution < -0.4 is 10.6 Å². The lowest BCUT2D eigenvalue weighted by Gasteiger charge is -2.36. The van der Waals surface area contributed by atoms with Gasteiger partial charge in [0.1, 0.15) is 0 Å². The van der Waals surface area contributed by atoms with Crippen LogP contribution in [0, 0.1) is 0 Å². The summed E-state index contributed by atoms with van der Waals surface area (Å²) in [6.45, 7) is 3.72. The monoisotopic (exact) mass is 238 g/mol. The van der Waals surface area contributed by atoms with Crippen LogP contribution in [0.1, 0.15) is 12.6 Å². The first-order chi connectivity index (χ1) is 8.22. The van der Waals surface area contributed by atoms with Crippen LogP contribution in [-0.2, 0) is 11.3 Å². The Hall–Kier alpha value is -1.24. The van der Waals surface area contributed by atoms with Crippen molar-refractivity contribution in [3.8, 4) is 0 Å². The summed E-state index contributed by atoms with van der Waals surface area (Å²) >= 11 is 0. The molecule has 17 heavy (non-hydrogen) atoms. The Bertz CT molecular complexity index is 374. The van der Waals surface area contributed by atoms with E-state index < -0.39 is 0 Å². The highest BCUT2D eigenvalue weighted by atomic mass is 16.5. The standard InChI is InChI=1S/C11H18N4O2/c1-8-5-15(6-10(7-16)17-8)11-13-3-2-9(4-12)14-11/h2-3,8,10,16H,4-7,12H2,1H3. The molecule has 0 saturated carbocycles. The Balaban J connectivity index is 2.14. The van der Waals surface area contributed by atoms with E-state index in [4.69, 9.17) is 15.6 Å². The minimum atomic E-state index is -0.177. The highest BCUT2D eigenvalue weighted by molar-refractivity contribution is 5.31. The Morgan fingerprint density at radius 2 is 2.41 bits per heavy atom. The molecule has 94 valence electrons. The quantitative estimate of drug-likeness (QED) is 0.740. The second kappa shape index (κ2) is 5.39. The lowest BCUT2D eigenvalue weighted by molar-refractivity contribution is -0.0425. The molecule has 1 fully saturated rings. The van der Waals surface area contributed by atoms with Crippen LogP contribution in [0.5, 0.6) is 0 Å². The summed E-state index contributed by atoms with van der Waals surface area (Å²) in [4.78, 5) is 10.6. The van der Waals surface area contributed by atoms with Gasteiger partial charge in [-0.1, -0.05) is 0 Å². The van der Waals surface area contributed by atoms with Crippen molar-refractivity contribution in [2.24, 2.45) is 5.73 Å². The van der Waals surface area contributed by atoms with Crippen LogP contribution in [0.4, 0.5) is 5.95 Å². The highest BCUT2D eigenvalue weighted by Crippen LogP contribution is 2.16. The third-order valence-electron chi connectivity index (χ3n) is 2.72. The molecule has 2 heterocycles. The van der Waals surface area contributed by atoms with Crippen LogP contribution in [0.2, 0.25) is 0 Å². The summed E-state index contributed by atoms with van der Waals surface area (Å²) in [6.07, 6.45) is 1.59. The molecule has 0 amide bonds. The van der Waals surface area contributed by atoms with Crippen molar-refractivity contribution in [2.45, 2.75) is 25.7 Å². The van der Waals surface area contributed by atoms with Crippen LogP contribution in [0.15, 0.2) is 12.3 Å². The number of ether oxygens (including phenoxy) is 1. The van der Waals surface area contributed by atoms with Crippen molar-refractivity contribution < 1.29 is 9.84 Å². The van der Waals surface area contributed by atoms with Gasteiger partial charge < -0.3 is 20.5 Å². The molecule has 2 rings (SSSR count). The summed E-state index contributed by atoms with van der Waals surface area (Å²) in [5.41, 5.74) is 6.37. The maximum atomic E-state index is 9.16. The number of hydrogen-bond acceptors (Lipinski definition) is 6. The van der Waals surface area contributed by atoms with E-state index in [1.807, 2.05) is 11.8 Å². The molecule has 0 bridgehead atoms. The molecule has 0 radical (unpaired) electrons. The molecule has 1 saturated heterocycles. The van der Waals surface area contributed by atoms with E-state index in [1.54, 1.807) is 12.3 Å². The van der Waals surface area contributed by atoms with Crippen molar-refractivity contribution in [2.75, 3.05) is 24.6 Å². The van der Waals surface area contributed by atoms with Crippen LogP contribution in [0.3, 0.4) is 0 Å². The molecule has 0 spiro atoms. The Morgan fingerprint density at radius 1 is 1.59 bits per heavy atom. The number of morpholine rings is 1. The fourth-order valence-corrected chi connectivity index (χ4v) is 1.96. The van der Waals surface area contributed by atoms with Crippen LogP contribution in [0.25, 0.3) is 0 Å². The number of rotatable bonds is 3. The van der Waals surface area contributed by atoms with Crippen molar-refractivity contribution in [1.29, 1.82) is 0 Å². The molecule has 1 aliphatic heterocycles. The summed E-state index contributed by atoms with van der Waals surface area (Å²) in [5.74, 6) is 0.654. The van der Waals surface area contributed by atoms with Crippen molar-refractivity contribution in [3.05, 3.63) is 18.0 Å². The molecule has 1 aromatic heterocycles. The molecular formula is C11H18N4O2. The minimum absolute atomic E-state index is 0.0113. The summed E-state index contributed by atoms with van der Waals surface area (Å²) in [5, 5.41) is 9.16. The van der Waals surface area contributed by atoms with Gasteiger partial charge in [-0.2, -0.15) is 0 Å². The smallest absolute Gasteiger partial charge is 0.225 e. The Morgan fingerprint density at radius 3 is 3.12 bits per heavy atom. The van der Waals surface area contributed by atoms with Crippen LogP contribution in [-0.4, -0.2) is 47.0 Å². The van der Waals surface area contributed by atoms with Gasteiger partial charge in [-0.25, -0.2) is 9.97 Å². The van der Waals surface area contributed by atoms with Crippen molar-refractivity contribution >= 4 is 5.95 Å². The van der Waals surface area contributed by atoms with E-state index in [9.17, 15) is 0 Å². The van der Waals surface area contributed by atoms with Crippen LogP contribution >= 0.6 is 0 Å². The highest BCUT2D eigenvalue weighted by Gasteiger charge is 2.26. The Labute approximate surface area is 100 Å². The van der Waals surface area contributed by atoms with Gasteiger partial charge in [0.25, 0.3) is 0 Å². The van der Waals surface area contributed by atoms with Gasteiger partial charge in [0, 0.05) is 25.8 Å². The third kappa shape index (κ3) is 2.91. The normalized spacial score (nSPS) is 25.0. The average molecular weight is 238 g/mol. The molecule has 0 aliphatic carbocycles. The van der Waals surface area contributed by atoms with Gasteiger partial charge in [0.05, 0.1) is 24.5 Å². The topological polar surface area (TPSA) is 84.5 Å². The van der Waals surface area contributed by atoms with E-state index in [2.05, 4.69) is 9.97 Å². The van der Waals surface area contributed by atoms with Gasteiger partial charge in [-0.05, 0) is 13.0 Å². The van der Waals surface area contributed by atoms with E-state index in [-0.39, 0.29) is 18.8 Å². The maximum Gasteiger partial charge on any atom is 0.225 e. The molecule has 1 aromatic rings. The summed E-state index contributed by atoms with van der Waals surface area (Å²) in [7, 11) is 0. The molecule has 2 unspecified atom stereocenters. The van der Waals surface area contributed by atoms with Crippen molar-refractivity contribution in [1.82, 2.24) is 9.97 Å². The zero-order valence-corrected chi connectivity index (χ0v) is 9.91. The lowest BCUT2D eigenvalue weighted by Crippen LogP contribution is -2.48. The first kappa shape index (κ1) is 12.2. The molecule has 3 N–H and O–H groups in total. The number of aliphatic hydroxyl groups is 1. The van der Waals surface area contributed by atoms with E-state index >= 15 is 0 Å². The maximum absolute atomic E-state index is 9.16. The first-order valence-corrected chi connectivity index (χ1v) is 5.76. The third-order valence-corrected chi connectivity index (χ3v) is 2.72. The average Bonchev–Trinajstić information content (AvgIpc) is 2.38. The largest absolute Gasteiger partial charge is 0.394 e. The number of hydrogen-bond donors (Lipinski definition) is 2. The second-order valence-corrected chi connectivity index (χ2v) is 4.21. The fraction of sp³-hybridized carbons (Fsp3) is 0.636. The van der Waals surface area contributed by atoms with Gasteiger partial charge >= 0.3 is 0 Å². The number of aromatic nitrogens is 2. The van der Waals surface area contributed by atoms with E-state index in [1.165, 1.54) is 0 Å². The Kier molecular flexibility index (Phi) is 3.88. The van der Waals surface area contributed by atoms with E-state index in [0.717, 1.165) is 12.2 Å². The molecule has 0 aromatic carbocycles. The minimum Gasteiger partial charge on any atom is -0.394 e. The molecule has 6 nitrogen and oxygen atoms in total. The number of anilines is 1. The molecule has 6 heteroatoms. The number of aliphatic hydroxyl groups excluding tert-OH is 1. The van der Waals surface area contributed by atoms with Gasteiger partial charge in [0.15, 0.2) is 0 Å². The number of nitrogens with zero attached hydrogens (tertiary/aromatic N) is 3. The second-order valence-electron chi connectivity index (χ2n) is 4.21. The van der Waals surface area contributed by atoms with Gasteiger partial charge in [0.2, 0.25) is 5.95 Å². The van der Waals surface area contributed by atoms with Gasteiger partial charge in [-0.3, -0.25) is 0 Å². The summed E-state index contributed by atoms with van der Waals surface area (Å²) in [6, 6.07) is 1.80. The predicted molar refractivity (Wildman–Crippen MR) is 63.6 cm³/mol.